The quantitative estimate of drug-likeness (QED) is 0.137. The molecule has 0 saturated carbocycles. The highest BCUT2D eigenvalue weighted by atomic mass is 15.4. The van der Waals surface area contributed by atoms with E-state index in [-0.39, 0.29) is 0 Å². The largest absolute Gasteiger partial charge is 0.350 e. The molecule has 0 aromatic heterocycles. The SMILES string of the molecule is CCCCC(CC)C[N+](C)=C(N(CCCC)CCCC)N(CCCC)CCCC. The number of rotatable bonds is 18. The molecule has 0 aromatic carbocycles. The molecule has 0 radical (unpaired) electrons. The van der Waals surface area contributed by atoms with Crippen molar-refractivity contribution < 1.29 is 4.58 Å². The maximum atomic E-state index is 2.74. The summed E-state index contributed by atoms with van der Waals surface area (Å²) in [5.41, 5.74) is 0. The Morgan fingerprint density at radius 3 is 1.31 bits per heavy atom. The van der Waals surface area contributed by atoms with Gasteiger partial charge in [-0.25, -0.2) is 0 Å². The van der Waals surface area contributed by atoms with Gasteiger partial charge in [0.05, 0.1) is 39.8 Å². The molecule has 1 unspecified atom stereocenters. The summed E-state index contributed by atoms with van der Waals surface area (Å²) in [5, 5.41) is 0. The molecule has 0 rings (SSSR count). The van der Waals surface area contributed by atoms with Gasteiger partial charge in [0.15, 0.2) is 0 Å². The Labute approximate surface area is 184 Å². The Morgan fingerprint density at radius 2 is 1.00 bits per heavy atom. The van der Waals surface area contributed by atoms with E-state index in [1.165, 1.54) is 116 Å². The van der Waals surface area contributed by atoms with Crippen molar-refractivity contribution in [2.45, 2.75) is 119 Å². The van der Waals surface area contributed by atoms with Crippen LogP contribution in [0.25, 0.3) is 0 Å². The maximum absolute atomic E-state index is 2.74. The molecule has 0 aliphatic heterocycles. The zero-order chi connectivity index (χ0) is 21.9. The maximum Gasteiger partial charge on any atom is 0.350 e. The third-order valence-corrected chi connectivity index (χ3v) is 6.11. The van der Waals surface area contributed by atoms with E-state index in [9.17, 15) is 0 Å². The summed E-state index contributed by atoms with van der Waals surface area (Å²) < 4.78 is 2.64. The Balaban J connectivity index is 5.83. The van der Waals surface area contributed by atoms with Gasteiger partial charge in [0.25, 0.3) is 0 Å². The van der Waals surface area contributed by atoms with Crippen molar-refractivity contribution in [3.63, 3.8) is 0 Å². The van der Waals surface area contributed by atoms with Gasteiger partial charge in [-0.05, 0) is 38.0 Å². The lowest BCUT2D eigenvalue weighted by Gasteiger charge is -2.31. The average molecular weight is 411 g/mol. The smallest absolute Gasteiger partial charge is 0.267 e. The third-order valence-electron chi connectivity index (χ3n) is 6.11. The summed E-state index contributed by atoms with van der Waals surface area (Å²) in [7, 11) is 2.37. The van der Waals surface area contributed by atoms with Gasteiger partial charge in [-0.15, -0.1) is 0 Å². The van der Waals surface area contributed by atoms with Crippen molar-refractivity contribution in [3.05, 3.63) is 0 Å². The molecule has 0 aromatic rings. The van der Waals surface area contributed by atoms with Crippen LogP contribution in [-0.4, -0.2) is 60.1 Å². The van der Waals surface area contributed by atoms with Crippen LogP contribution in [-0.2, 0) is 0 Å². The van der Waals surface area contributed by atoms with Gasteiger partial charge in [0.1, 0.15) is 0 Å². The molecule has 29 heavy (non-hydrogen) atoms. The standard InChI is InChI=1S/C26H56N3/c1-8-14-19-25(13-6)24-27(7)26(28(20-15-9-2)21-16-10-3)29(22-17-11-4)23-18-12-5/h25H,8-24H2,1-7H3/q+1. The van der Waals surface area contributed by atoms with Crippen molar-refractivity contribution in [3.8, 4) is 0 Å². The van der Waals surface area contributed by atoms with Gasteiger partial charge in [-0.1, -0.05) is 86.5 Å². The van der Waals surface area contributed by atoms with E-state index in [2.05, 4.69) is 63.0 Å². The van der Waals surface area contributed by atoms with E-state index in [1.807, 2.05) is 0 Å². The van der Waals surface area contributed by atoms with Crippen LogP contribution in [0.4, 0.5) is 0 Å². The molecule has 174 valence electrons. The molecule has 0 spiro atoms. The first-order valence-electron chi connectivity index (χ1n) is 13.2. The first-order chi connectivity index (χ1) is 14.1. The zero-order valence-electron chi connectivity index (χ0n) is 21.4. The lowest BCUT2D eigenvalue weighted by atomic mass is 9.99. The molecule has 0 saturated heterocycles. The summed E-state index contributed by atoms with van der Waals surface area (Å²) in [6.07, 6.45) is 15.6. The normalized spacial score (nSPS) is 12.1. The number of unbranched alkanes of at least 4 members (excludes halogenated alkanes) is 5. The number of hydrogen-bond donors (Lipinski definition) is 0. The first kappa shape index (κ1) is 28.3. The van der Waals surface area contributed by atoms with Crippen LogP contribution >= 0.6 is 0 Å². The number of hydrogen-bond acceptors (Lipinski definition) is 0. The van der Waals surface area contributed by atoms with Crippen molar-refractivity contribution in [2.24, 2.45) is 5.92 Å². The van der Waals surface area contributed by atoms with Crippen LogP contribution < -0.4 is 0 Å². The fraction of sp³-hybridized carbons (Fsp3) is 0.962. The first-order valence-corrected chi connectivity index (χ1v) is 13.2. The Kier molecular flexibility index (Phi) is 18.8. The molecule has 0 aliphatic carbocycles. The zero-order valence-corrected chi connectivity index (χ0v) is 21.4. The van der Waals surface area contributed by atoms with Crippen molar-refractivity contribution in [1.29, 1.82) is 0 Å². The highest BCUT2D eigenvalue weighted by Crippen LogP contribution is 2.15. The lowest BCUT2D eigenvalue weighted by Crippen LogP contribution is -2.51. The summed E-state index contributed by atoms with van der Waals surface area (Å²) in [5.74, 6) is 2.34. The molecule has 3 nitrogen and oxygen atoms in total. The van der Waals surface area contributed by atoms with E-state index < -0.39 is 0 Å². The molecule has 0 fully saturated rings. The number of guanidine groups is 1. The Bertz CT molecular complexity index is 353. The van der Waals surface area contributed by atoms with Crippen LogP contribution in [0, 0.1) is 5.92 Å². The Hall–Kier alpha value is -0.730. The lowest BCUT2D eigenvalue weighted by molar-refractivity contribution is -0.516. The van der Waals surface area contributed by atoms with Crippen LogP contribution in [0.15, 0.2) is 0 Å². The summed E-state index contributed by atoms with van der Waals surface area (Å²) >= 11 is 0. The Morgan fingerprint density at radius 1 is 0.621 bits per heavy atom. The summed E-state index contributed by atoms with van der Waals surface area (Å²) in [6.45, 7) is 20.0. The molecule has 0 aliphatic rings. The van der Waals surface area contributed by atoms with Crippen molar-refractivity contribution in [1.82, 2.24) is 9.80 Å². The second-order valence-corrected chi connectivity index (χ2v) is 8.99. The minimum Gasteiger partial charge on any atom is -0.267 e. The summed E-state index contributed by atoms with van der Waals surface area (Å²) in [6, 6.07) is 0. The van der Waals surface area contributed by atoms with E-state index in [0.717, 1.165) is 5.92 Å². The molecular weight excluding hydrogens is 354 g/mol. The fourth-order valence-corrected chi connectivity index (χ4v) is 4.09. The second kappa shape index (κ2) is 19.2. The van der Waals surface area contributed by atoms with Gasteiger partial charge in [0.2, 0.25) is 0 Å². The van der Waals surface area contributed by atoms with E-state index in [1.54, 1.807) is 0 Å². The van der Waals surface area contributed by atoms with Gasteiger partial charge >= 0.3 is 5.96 Å². The third kappa shape index (κ3) is 12.5. The van der Waals surface area contributed by atoms with Gasteiger partial charge in [0, 0.05) is 0 Å². The van der Waals surface area contributed by atoms with Crippen LogP contribution in [0.2, 0.25) is 0 Å². The van der Waals surface area contributed by atoms with Gasteiger partial charge in [-0.3, -0.25) is 14.4 Å². The second-order valence-electron chi connectivity index (χ2n) is 8.99. The van der Waals surface area contributed by atoms with Crippen LogP contribution in [0.1, 0.15) is 119 Å². The monoisotopic (exact) mass is 410 g/mol. The molecule has 0 bridgehead atoms. The van der Waals surface area contributed by atoms with E-state index >= 15 is 0 Å². The van der Waals surface area contributed by atoms with Crippen LogP contribution in [0.5, 0.6) is 0 Å². The van der Waals surface area contributed by atoms with E-state index in [0.29, 0.717) is 0 Å². The van der Waals surface area contributed by atoms with Crippen molar-refractivity contribution in [2.75, 3.05) is 39.8 Å². The minimum atomic E-state index is 0.813. The fourth-order valence-electron chi connectivity index (χ4n) is 4.09. The molecule has 3 heteroatoms. The molecule has 1 atom stereocenters. The average Bonchev–Trinajstić information content (AvgIpc) is 2.73. The molecule has 0 amide bonds. The highest BCUT2D eigenvalue weighted by molar-refractivity contribution is 5.75. The van der Waals surface area contributed by atoms with Gasteiger partial charge in [-0.2, -0.15) is 0 Å². The molecule has 0 heterocycles. The number of nitrogens with zero attached hydrogens (tertiary/aromatic N) is 3. The van der Waals surface area contributed by atoms with E-state index in [4.69, 9.17) is 0 Å². The molecular formula is C26H56N3+. The molecule has 0 N–H and O–H groups in total. The predicted molar refractivity (Wildman–Crippen MR) is 132 cm³/mol. The predicted octanol–water partition coefficient (Wildman–Crippen LogP) is 7.01. The van der Waals surface area contributed by atoms with Gasteiger partial charge < -0.3 is 0 Å². The highest BCUT2D eigenvalue weighted by Gasteiger charge is 2.28. The summed E-state index contributed by atoms with van der Waals surface area (Å²) in [4.78, 5) is 5.48. The van der Waals surface area contributed by atoms with Crippen molar-refractivity contribution >= 4 is 5.96 Å². The minimum absolute atomic E-state index is 0.813. The topological polar surface area (TPSA) is 9.49 Å². The van der Waals surface area contributed by atoms with Crippen LogP contribution in [0.3, 0.4) is 0 Å².